The smallest absolute Gasteiger partial charge is 0.409 e. The highest BCUT2D eigenvalue weighted by Crippen LogP contribution is 2.31. The van der Waals surface area contributed by atoms with Gasteiger partial charge in [-0.25, -0.2) is 9.78 Å². The zero-order chi connectivity index (χ0) is 23.2. The van der Waals surface area contributed by atoms with E-state index in [4.69, 9.17) is 4.74 Å². The van der Waals surface area contributed by atoms with E-state index >= 15 is 0 Å². The van der Waals surface area contributed by atoms with Gasteiger partial charge in [-0.1, -0.05) is 18.9 Å². The molecule has 0 aromatic carbocycles. The number of aromatic nitrogens is 1. The van der Waals surface area contributed by atoms with Gasteiger partial charge in [0.1, 0.15) is 5.82 Å². The average molecular weight is 457 g/mol. The number of nitrogens with zero attached hydrogens (tertiary/aromatic N) is 3. The molecule has 0 spiro atoms. The molecule has 3 amide bonds. The van der Waals surface area contributed by atoms with Crippen molar-refractivity contribution in [3.63, 3.8) is 0 Å². The summed E-state index contributed by atoms with van der Waals surface area (Å²) in [7, 11) is 0. The maximum atomic E-state index is 12.1. The van der Waals surface area contributed by atoms with Crippen molar-refractivity contribution < 1.29 is 19.1 Å². The van der Waals surface area contributed by atoms with E-state index in [-0.39, 0.29) is 23.8 Å². The van der Waals surface area contributed by atoms with Gasteiger partial charge in [0, 0.05) is 38.8 Å². The number of ether oxygens (including phenoxy) is 1. The summed E-state index contributed by atoms with van der Waals surface area (Å²) in [4.78, 5) is 44.1. The molecule has 8 nitrogen and oxygen atoms in total. The van der Waals surface area contributed by atoms with E-state index in [9.17, 15) is 14.4 Å². The van der Waals surface area contributed by atoms with Crippen molar-refractivity contribution in [2.24, 2.45) is 11.8 Å². The lowest BCUT2D eigenvalue weighted by Gasteiger charge is -2.35. The SMILES string of the molecule is CCOC(=O)N1CCC(CCC2CCN(c3ccc(C4CCC(=O)NC4=O)cn3)CC2)CC1. The maximum Gasteiger partial charge on any atom is 0.409 e. The van der Waals surface area contributed by atoms with E-state index in [0.717, 1.165) is 62.2 Å². The molecule has 1 aromatic heterocycles. The standard InChI is InChI=1S/C25H36N4O4/c1-2-33-25(32)29-15-11-19(12-16-29)4-3-18-9-13-28(14-10-18)22-7-5-20(17-26-22)21-6-8-23(30)27-24(21)31/h5,7,17-19,21H,2-4,6,8-16H2,1H3,(H,27,30,31). The molecule has 0 radical (unpaired) electrons. The molecule has 4 rings (SSSR count). The summed E-state index contributed by atoms with van der Waals surface area (Å²) in [6, 6.07) is 3.99. The van der Waals surface area contributed by atoms with Gasteiger partial charge in [-0.3, -0.25) is 14.9 Å². The first-order chi connectivity index (χ1) is 16.0. The first-order valence-corrected chi connectivity index (χ1v) is 12.5. The van der Waals surface area contributed by atoms with Gasteiger partial charge in [-0.05, 0) is 62.5 Å². The van der Waals surface area contributed by atoms with Crippen LogP contribution in [0.15, 0.2) is 18.3 Å². The Labute approximate surface area is 196 Å². The molecule has 1 N–H and O–H groups in total. The Morgan fingerprint density at radius 3 is 2.27 bits per heavy atom. The average Bonchev–Trinajstić information content (AvgIpc) is 2.84. The second kappa shape index (κ2) is 11.0. The minimum absolute atomic E-state index is 0.165. The minimum atomic E-state index is -0.279. The maximum absolute atomic E-state index is 12.1. The third-order valence-corrected chi connectivity index (χ3v) is 7.47. The topological polar surface area (TPSA) is 91.8 Å². The molecule has 0 aliphatic carbocycles. The van der Waals surface area contributed by atoms with E-state index in [1.165, 1.54) is 25.7 Å². The Morgan fingerprint density at radius 2 is 1.70 bits per heavy atom. The van der Waals surface area contributed by atoms with Gasteiger partial charge in [0.15, 0.2) is 0 Å². The summed E-state index contributed by atoms with van der Waals surface area (Å²) in [5, 5.41) is 2.42. The van der Waals surface area contributed by atoms with Crippen LogP contribution >= 0.6 is 0 Å². The first-order valence-electron chi connectivity index (χ1n) is 12.5. The van der Waals surface area contributed by atoms with Crippen molar-refractivity contribution in [1.29, 1.82) is 0 Å². The number of rotatable bonds is 6. The molecule has 3 saturated heterocycles. The van der Waals surface area contributed by atoms with Crippen LogP contribution in [0.25, 0.3) is 0 Å². The van der Waals surface area contributed by atoms with Crippen LogP contribution in [0.2, 0.25) is 0 Å². The number of likely N-dealkylation sites (tertiary alicyclic amines) is 1. The van der Waals surface area contributed by atoms with Gasteiger partial charge in [-0.2, -0.15) is 0 Å². The van der Waals surface area contributed by atoms with Crippen LogP contribution in [0.1, 0.15) is 69.8 Å². The monoisotopic (exact) mass is 456 g/mol. The fourth-order valence-electron chi connectivity index (χ4n) is 5.34. The zero-order valence-electron chi connectivity index (χ0n) is 19.6. The molecule has 1 unspecified atom stereocenters. The Bertz CT molecular complexity index is 827. The van der Waals surface area contributed by atoms with Crippen molar-refractivity contribution in [1.82, 2.24) is 15.2 Å². The quantitative estimate of drug-likeness (QED) is 0.659. The number of anilines is 1. The second-order valence-electron chi connectivity index (χ2n) is 9.59. The summed E-state index contributed by atoms with van der Waals surface area (Å²) in [5.74, 6) is 1.76. The summed E-state index contributed by atoms with van der Waals surface area (Å²) in [5.41, 5.74) is 0.882. The molecular weight excluding hydrogens is 420 g/mol. The Hall–Kier alpha value is -2.64. The molecule has 3 aliphatic rings. The number of imide groups is 1. The molecule has 0 saturated carbocycles. The molecule has 33 heavy (non-hydrogen) atoms. The van der Waals surface area contributed by atoms with Crippen molar-refractivity contribution in [2.75, 3.05) is 37.7 Å². The molecule has 180 valence electrons. The van der Waals surface area contributed by atoms with Gasteiger partial charge in [0.2, 0.25) is 11.8 Å². The van der Waals surface area contributed by atoms with Crippen LogP contribution < -0.4 is 10.2 Å². The number of carbonyl (C=O) groups is 3. The van der Waals surface area contributed by atoms with Gasteiger partial charge < -0.3 is 14.5 Å². The summed E-state index contributed by atoms with van der Waals surface area (Å²) in [6.07, 6.45) is 9.61. The highest BCUT2D eigenvalue weighted by Gasteiger charge is 2.29. The number of carbonyl (C=O) groups excluding carboxylic acids is 3. The summed E-state index contributed by atoms with van der Waals surface area (Å²) < 4.78 is 5.11. The third-order valence-electron chi connectivity index (χ3n) is 7.47. The normalized spacial score (nSPS) is 22.9. The molecule has 1 aromatic rings. The molecule has 4 heterocycles. The van der Waals surface area contributed by atoms with Crippen LogP contribution in [0.4, 0.5) is 10.6 Å². The van der Waals surface area contributed by atoms with Crippen LogP contribution in [-0.4, -0.2) is 60.6 Å². The predicted molar refractivity (Wildman–Crippen MR) is 125 cm³/mol. The highest BCUT2D eigenvalue weighted by atomic mass is 16.6. The van der Waals surface area contributed by atoms with Crippen molar-refractivity contribution in [3.05, 3.63) is 23.9 Å². The van der Waals surface area contributed by atoms with Crippen LogP contribution in [0.3, 0.4) is 0 Å². The number of pyridine rings is 1. The largest absolute Gasteiger partial charge is 0.450 e. The zero-order valence-corrected chi connectivity index (χ0v) is 19.6. The Balaban J connectivity index is 1.18. The van der Waals surface area contributed by atoms with E-state index in [2.05, 4.69) is 15.2 Å². The minimum Gasteiger partial charge on any atom is -0.450 e. The molecule has 8 heteroatoms. The number of hydrogen-bond acceptors (Lipinski definition) is 6. The van der Waals surface area contributed by atoms with Gasteiger partial charge in [0.25, 0.3) is 0 Å². The summed E-state index contributed by atoms with van der Waals surface area (Å²) in [6.45, 7) is 5.96. The van der Waals surface area contributed by atoms with Crippen LogP contribution in [-0.2, 0) is 14.3 Å². The van der Waals surface area contributed by atoms with Gasteiger partial charge >= 0.3 is 6.09 Å². The molecule has 1 atom stereocenters. The fourth-order valence-corrected chi connectivity index (χ4v) is 5.34. The molecular formula is C25H36N4O4. The Morgan fingerprint density at radius 1 is 1.03 bits per heavy atom. The van der Waals surface area contributed by atoms with E-state index in [1.54, 1.807) is 6.20 Å². The van der Waals surface area contributed by atoms with Crippen molar-refractivity contribution >= 4 is 23.7 Å². The van der Waals surface area contributed by atoms with Gasteiger partial charge in [0.05, 0.1) is 12.5 Å². The second-order valence-corrected chi connectivity index (χ2v) is 9.59. The lowest BCUT2D eigenvalue weighted by atomic mass is 9.85. The molecule has 3 aliphatic heterocycles. The van der Waals surface area contributed by atoms with E-state index in [0.29, 0.717) is 19.4 Å². The third kappa shape index (κ3) is 6.03. The number of amides is 3. The number of hydrogen-bond donors (Lipinski definition) is 1. The lowest BCUT2D eigenvalue weighted by molar-refractivity contribution is -0.134. The van der Waals surface area contributed by atoms with E-state index in [1.807, 2.05) is 24.0 Å². The summed E-state index contributed by atoms with van der Waals surface area (Å²) >= 11 is 0. The van der Waals surface area contributed by atoms with Crippen LogP contribution in [0.5, 0.6) is 0 Å². The van der Waals surface area contributed by atoms with Crippen molar-refractivity contribution in [3.8, 4) is 0 Å². The van der Waals surface area contributed by atoms with Crippen LogP contribution in [0, 0.1) is 11.8 Å². The van der Waals surface area contributed by atoms with E-state index < -0.39 is 0 Å². The lowest BCUT2D eigenvalue weighted by Crippen LogP contribution is -2.39. The number of nitrogens with one attached hydrogen (secondary N) is 1. The first kappa shape index (κ1) is 23.5. The Kier molecular flexibility index (Phi) is 7.83. The fraction of sp³-hybridized carbons (Fsp3) is 0.680. The molecule has 0 bridgehead atoms. The molecule has 3 fully saturated rings. The number of piperidine rings is 3. The van der Waals surface area contributed by atoms with Gasteiger partial charge in [-0.15, -0.1) is 0 Å². The van der Waals surface area contributed by atoms with Crippen molar-refractivity contribution in [2.45, 2.75) is 64.2 Å². The predicted octanol–water partition coefficient (Wildman–Crippen LogP) is 3.47. The highest BCUT2D eigenvalue weighted by molar-refractivity contribution is 6.00.